The van der Waals surface area contributed by atoms with Gasteiger partial charge in [-0.25, -0.2) is 4.98 Å². The Morgan fingerprint density at radius 3 is 2.64 bits per heavy atom. The molecule has 1 fully saturated rings. The standard InChI is InChI=1S/C11H19N3/c1-8-13-7-11(14-8)10-4-2-9(6-12)3-5-10/h7,9-10H,2-6,12H2,1H3,(H,13,14). The smallest absolute Gasteiger partial charge is 0.103 e. The average Bonchev–Trinajstić information content (AvgIpc) is 2.65. The Kier molecular flexibility index (Phi) is 2.87. The van der Waals surface area contributed by atoms with Crippen molar-refractivity contribution in [3.05, 3.63) is 17.7 Å². The first-order valence-electron chi connectivity index (χ1n) is 5.51. The summed E-state index contributed by atoms with van der Waals surface area (Å²) in [5.41, 5.74) is 6.99. The molecule has 0 amide bonds. The lowest BCUT2D eigenvalue weighted by Gasteiger charge is -2.26. The van der Waals surface area contributed by atoms with Crippen LogP contribution >= 0.6 is 0 Å². The van der Waals surface area contributed by atoms with Gasteiger partial charge in [-0.1, -0.05) is 0 Å². The molecule has 1 aromatic rings. The normalized spacial score (nSPS) is 27.9. The average molecular weight is 193 g/mol. The van der Waals surface area contributed by atoms with Crippen molar-refractivity contribution in [1.29, 1.82) is 0 Å². The number of H-pyrrole nitrogens is 1. The SMILES string of the molecule is Cc1ncc(C2CCC(CN)CC2)[nH]1. The second-order valence-corrected chi connectivity index (χ2v) is 4.38. The van der Waals surface area contributed by atoms with Crippen molar-refractivity contribution < 1.29 is 0 Å². The van der Waals surface area contributed by atoms with Gasteiger partial charge in [-0.15, -0.1) is 0 Å². The maximum absolute atomic E-state index is 5.67. The van der Waals surface area contributed by atoms with Gasteiger partial charge in [-0.2, -0.15) is 0 Å². The number of aryl methyl sites for hydroxylation is 1. The number of hydrogen-bond acceptors (Lipinski definition) is 2. The van der Waals surface area contributed by atoms with E-state index in [0.29, 0.717) is 5.92 Å². The van der Waals surface area contributed by atoms with E-state index in [9.17, 15) is 0 Å². The number of nitrogens with two attached hydrogens (primary N) is 1. The highest BCUT2D eigenvalue weighted by Crippen LogP contribution is 2.34. The zero-order chi connectivity index (χ0) is 9.97. The summed E-state index contributed by atoms with van der Waals surface area (Å²) in [6.45, 7) is 2.86. The van der Waals surface area contributed by atoms with Gasteiger partial charge in [-0.05, 0) is 45.1 Å². The summed E-state index contributed by atoms with van der Waals surface area (Å²) in [6, 6.07) is 0. The molecule has 1 aliphatic rings. The molecule has 3 heteroatoms. The van der Waals surface area contributed by atoms with E-state index < -0.39 is 0 Å². The van der Waals surface area contributed by atoms with Crippen LogP contribution in [0.3, 0.4) is 0 Å². The van der Waals surface area contributed by atoms with Crippen LogP contribution in [0.25, 0.3) is 0 Å². The molecule has 0 spiro atoms. The number of aromatic nitrogens is 2. The highest BCUT2D eigenvalue weighted by molar-refractivity contribution is 5.07. The van der Waals surface area contributed by atoms with E-state index in [2.05, 4.69) is 9.97 Å². The summed E-state index contributed by atoms with van der Waals surface area (Å²) in [7, 11) is 0. The Hall–Kier alpha value is -0.830. The van der Waals surface area contributed by atoms with E-state index in [4.69, 9.17) is 5.73 Å². The van der Waals surface area contributed by atoms with Gasteiger partial charge in [-0.3, -0.25) is 0 Å². The van der Waals surface area contributed by atoms with Crippen LogP contribution in [0.4, 0.5) is 0 Å². The maximum Gasteiger partial charge on any atom is 0.103 e. The van der Waals surface area contributed by atoms with Crippen LogP contribution in [0.2, 0.25) is 0 Å². The van der Waals surface area contributed by atoms with Crippen LogP contribution < -0.4 is 5.73 Å². The summed E-state index contributed by atoms with van der Waals surface area (Å²) in [5.74, 6) is 2.48. The summed E-state index contributed by atoms with van der Waals surface area (Å²) in [4.78, 5) is 7.59. The van der Waals surface area contributed by atoms with E-state index in [1.54, 1.807) is 0 Å². The Labute approximate surface area is 85.1 Å². The van der Waals surface area contributed by atoms with Crippen molar-refractivity contribution in [2.24, 2.45) is 11.7 Å². The van der Waals surface area contributed by atoms with Gasteiger partial charge in [0.2, 0.25) is 0 Å². The first-order chi connectivity index (χ1) is 6.79. The lowest BCUT2D eigenvalue weighted by molar-refractivity contribution is 0.329. The number of nitrogens with one attached hydrogen (secondary N) is 1. The zero-order valence-electron chi connectivity index (χ0n) is 8.79. The van der Waals surface area contributed by atoms with Gasteiger partial charge in [0.1, 0.15) is 5.82 Å². The lowest BCUT2D eigenvalue weighted by Crippen LogP contribution is -2.20. The van der Waals surface area contributed by atoms with Crippen LogP contribution in [0.5, 0.6) is 0 Å². The molecule has 1 saturated carbocycles. The first-order valence-corrected chi connectivity index (χ1v) is 5.51. The molecule has 0 unspecified atom stereocenters. The van der Waals surface area contributed by atoms with Crippen LogP contribution in [0.1, 0.15) is 43.1 Å². The minimum atomic E-state index is 0.694. The van der Waals surface area contributed by atoms with E-state index in [-0.39, 0.29) is 0 Å². The van der Waals surface area contributed by atoms with Crippen LogP contribution in [0.15, 0.2) is 6.20 Å². The Morgan fingerprint density at radius 2 is 2.14 bits per heavy atom. The molecular weight excluding hydrogens is 174 g/mol. The third-order valence-electron chi connectivity index (χ3n) is 3.34. The summed E-state index contributed by atoms with van der Waals surface area (Å²) >= 11 is 0. The van der Waals surface area contributed by atoms with Crippen molar-refractivity contribution >= 4 is 0 Å². The largest absolute Gasteiger partial charge is 0.346 e. The molecule has 0 saturated heterocycles. The van der Waals surface area contributed by atoms with Crippen LogP contribution in [-0.2, 0) is 0 Å². The lowest BCUT2D eigenvalue weighted by atomic mass is 9.81. The van der Waals surface area contributed by atoms with Gasteiger partial charge >= 0.3 is 0 Å². The maximum atomic E-state index is 5.67. The number of aromatic amines is 1. The molecule has 1 aliphatic carbocycles. The molecule has 0 radical (unpaired) electrons. The van der Waals surface area contributed by atoms with E-state index in [0.717, 1.165) is 18.3 Å². The minimum absolute atomic E-state index is 0.694. The van der Waals surface area contributed by atoms with Gasteiger partial charge in [0.15, 0.2) is 0 Å². The number of nitrogens with zero attached hydrogens (tertiary/aromatic N) is 1. The van der Waals surface area contributed by atoms with Crippen molar-refractivity contribution in [2.75, 3.05) is 6.54 Å². The molecule has 0 aromatic carbocycles. The summed E-state index contributed by atoms with van der Waals surface area (Å²) in [5, 5.41) is 0. The topological polar surface area (TPSA) is 54.7 Å². The van der Waals surface area contributed by atoms with E-state index >= 15 is 0 Å². The molecule has 3 nitrogen and oxygen atoms in total. The van der Waals surface area contributed by atoms with Crippen molar-refractivity contribution in [3.8, 4) is 0 Å². The predicted molar refractivity (Wildman–Crippen MR) is 57.1 cm³/mol. The molecule has 1 heterocycles. The number of hydrogen-bond donors (Lipinski definition) is 2. The second-order valence-electron chi connectivity index (χ2n) is 4.38. The molecule has 2 rings (SSSR count). The fourth-order valence-electron chi connectivity index (χ4n) is 2.36. The molecular formula is C11H19N3. The number of rotatable bonds is 2. The Morgan fingerprint density at radius 1 is 1.43 bits per heavy atom. The third kappa shape index (κ3) is 1.98. The monoisotopic (exact) mass is 193 g/mol. The number of imidazole rings is 1. The molecule has 0 atom stereocenters. The van der Waals surface area contributed by atoms with E-state index in [1.807, 2.05) is 13.1 Å². The fourth-order valence-corrected chi connectivity index (χ4v) is 2.36. The molecule has 14 heavy (non-hydrogen) atoms. The fraction of sp³-hybridized carbons (Fsp3) is 0.727. The first kappa shape index (κ1) is 9.71. The van der Waals surface area contributed by atoms with Gasteiger partial charge in [0.05, 0.1) is 0 Å². The second kappa shape index (κ2) is 4.13. The minimum Gasteiger partial charge on any atom is -0.346 e. The molecule has 0 aliphatic heterocycles. The summed E-state index contributed by atoms with van der Waals surface area (Å²) in [6.07, 6.45) is 7.08. The summed E-state index contributed by atoms with van der Waals surface area (Å²) < 4.78 is 0. The Balaban J connectivity index is 1.95. The molecule has 3 N–H and O–H groups in total. The Bertz CT molecular complexity index is 284. The predicted octanol–water partition coefficient (Wildman–Crippen LogP) is 1.95. The molecule has 1 aromatic heterocycles. The van der Waals surface area contributed by atoms with Gasteiger partial charge in [0.25, 0.3) is 0 Å². The zero-order valence-corrected chi connectivity index (χ0v) is 8.79. The van der Waals surface area contributed by atoms with Crippen molar-refractivity contribution in [1.82, 2.24) is 9.97 Å². The third-order valence-corrected chi connectivity index (χ3v) is 3.34. The van der Waals surface area contributed by atoms with Crippen LogP contribution in [-0.4, -0.2) is 16.5 Å². The van der Waals surface area contributed by atoms with Crippen LogP contribution in [0, 0.1) is 12.8 Å². The van der Waals surface area contributed by atoms with Gasteiger partial charge < -0.3 is 10.7 Å². The highest BCUT2D eigenvalue weighted by Gasteiger charge is 2.22. The quantitative estimate of drug-likeness (QED) is 0.754. The molecule has 78 valence electrons. The highest BCUT2D eigenvalue weighted by atomic mass is 14.9. The molecule has 0 bridgehead atoms. The van der Waals surface area contributed by atoms with E-state index in [1.165, 1.54) is 31.4 Å². The van der Waals surface area contributed by atoms with Gasteiger partial charge in [0, 0.05) is 17.8 Å². The van der Waals surface area contributed by atoms with Crippen molar-refractivity contribution in [3.63, 3.8) is 0 Å². The van der Waals surface area contributed by atoms with Crippen molar-refractivity contribution in [2.45, 2.75) is 38.5 Å².